The molecule has 7 nitrogen and oxygen atoms in total. The first-order valence-electron chi connectivity index (χ1n) is 8.98. The number of hydrogen-bond acceptors (Lipinski definition) is 6. The molecule has 27 heavy (non-hydrogen) atoms. The molecule has 0 spiro atoms. The van der Waals surface area contributed by atoms with Gasteiger partial charge in [-0.15, -0.1) is 0 Å². The third kappa shape index (κ3) is 4.30. The molecule has 1 aromatic carbocycles. The van der Waals surface area contributed by atoms with Crippen molar-refractivity contribution in [2.75, 3.05) is 38.2 Å². The number of hydrogen-bond donors (Lipinski definition) is 0. The van der Waals surface area contributed by atoms with Gasteiger partial charge in [-0.05, 0) is 45.0 Å². The Balaban J connectivity index is 1.79. The summed E-state index contributed by atoms with van der Waals surface area (Å²) in [5, 5.41) is 0.895. The van der Waals surface area contributed by atoms with Gasteiger partial charge >= 0.3 is 12.1 Å². The van der Waals surface area contributed by atoms with Crippen LogP contribution in [0.25, 0.3) is 10.9 Å². The lowest BCUT2D eigenvalue weighted by Crippen LogP contribution is -2.50. The monoisotopic (exact) mass is 371 g/mol. The van der Waals surface area contributed by atoms with E-state index in [1.165, 1.54) is 7.11 Å². The van der Waals surface area contributed by atoms with Crippen molar-refractivity contribution in [3.05, 3.63) is 36.0 Å². The van der Waals surface area contributed by atoms with Gasteiger partial charge in [-0.1, -0.05) is 0 Å². The predicted molar refractivity (Wildman–Crippen MR) is 103 cm³/mol. The molecule has 0 atom stereocenters. The highest BCUT2D eigenvalue weighted by Gasteiger charge is 2.26. The quantitative estimate of drug-likeness (QED) is 0.756. The van der Waals surface area contributed by atoms with Crippen LogP contribution in [0.15, 0.2) is 30.5 Å². The van der Waals surface area contributed by atoms with E-state index < -0.39 is 5.60 Å². The van der Waals surface area contributed by atoms with Crippen molar-refractivity contribution in [1.29, 1.82) is 0 Å². The number of ether oxygens (including phenoxy) is 2. The summed E-state index contributed by atoms with van der Waals surface area (Å²) in [7, 11) is 1.37. The summed E-state index contributed by atoms with van der Waals surface area (Å²) in [5.74, 6) is -0.374. The molecule has 0 radical (unpaired) electrons. The summed E-state index contributed by atoms with van der Waals surface area (Å²) in [5.41, 5.74) is 1.80. The first-order valence-corrected chi connectivity index (χ1v) is 8.98. The Morgan fingerprint density at radius 1 is 1.07 bits per heavy atom. The maximum absolute atomic E-state index is 12.2. The van der Waals surface area contributed by atoms with Crippen LogP contribution in [-0.2, 0) is 9.47 Å². The number of rotatable bonds is 2. The smallest absolute Gasteiger partial charge is 0.410 e. The molecule has 1 aliphatic rings. The minimum absolute atomic E-state index is 0.283. The van der Waals surface area contributed by atoms with Gasteiger partial charge in [0.25, 0.3) is 0 Å². The number of methoxy groups -OCH3 is 1. The molecule has 1 aliphatic heterocycles. The highest BCUT2D eigenvalue weighted by atomic mass is 16.6. The number of pyridine rings is 1. The van der Waals surface area contributed by atoms with Gasteiger partial charge in [0.1, 0.15) is 5.60 Å². The van der Waals surface area contributed by atoms with Crippen LogP contribution < -0.4 is 4.90 Å². The van der Waals surface area contributed by atoms with Crippen LogP contribution in [0.5, 0.6) is 0 Å². The molecule has 1 amide bonds. The van der Waals surface area contributed by atoms with Gasteiger partial charge < -0.3 is 19.3 Å². The van der Waals surface area contributed by atoms with E-state index in [9.17, 15) is 9.59 Å². The Kier molecular flexibility index (Phi) is 5.21. The van der Waals surface area contributed by atoms with E-state index >= 15 is 0 Å². The van der Waals surface area contributed by atoms with E-state index in [-0.39, 0.29) is 12.1 Å². The molecule has 2 aromatic rings. The number of carbonyl (C=O) groups excluding carboxylic acids is 2. The second kappa shape index (κ2) is 7.42. The molecule has 1 fully saturated rings. The van der Waals surface area contributed by atoms with E-state index in [4.69, 9.17) is 9.47 Å². The van der Waals surface area contributed by atoms with Gasteiger partial charge in [-0.2, -0.15) is 0 Å². The second-order valence-corrected chi connectivity index (χ2v) is 7.51. The van der Waals surface area contributed by atoms with Gasteiger partial charge in [0.2, 0.25) is 0 Å². The first-order chi connectivity index (χ1) is 12.8. The third-order valence-corrected chi connectivity index (χ3v) is 4.41. The minimum Gasteiger partial charge on any atom is -0.465 e. The lowest BCUT2D eigenvalue weighted by atomic mass is 10.1. The van der Waals surface area contributed by atoms with Crippen molar-refractivity contribution < 1.29 is 19.1 Å². The Morgan fingerprint density at radius 2 is 1.78 bits per heavy atom. The molecule has 0 N–H and O–H groups in total. The Labute approximate surface area is 158 Å². The average molecular weight is 371 g/mol. The van der Waals surface area contributed by atoms with Crippen LogP contribution in [0.3, 0.4) is 0 Å². The molecule has 3 rings (SSSR count). The number of anilines is 1. The Hall–Kier alpha value is -2.83. The van der Waals surface area contributed by atoms with Crippen LogP contribution >= 0.6 is 0 Å². The zero-order valence-corrected chi connectivity index (χ0v) is 16.2. The number of fused-ring (bicyclic) bond motifs is 1. The topological polar surface area (TPSA) is 72.0 Å². The molecular formula is C20H25N3O4. The predicted octanol–water partition coefficient (Wildman–Crippen LogP) is 3.08. The standard InChI is InChI=1S/C20H25N3O4/c1-20(2,3)27-19(25)23-11-9-22(10-12-23)17-7-8-21-16-6-5-14(13-15(16)17)18(24)26-4/h5-8,13H,9-12H2,1-4H3. The van der Waals surface area contributed by atoms with Gasteiger partial charge in [-0.3, -0.25) is 4.98 Å². The van der Waals surface area contributed by atoms with Gasteiger partial charge in [0, 0.05) is 43.4 Å². The molecule has 1 aromatic heterocycles. The van der Waals surface area contributed by atoms with Crippen molar-refractivity contribution in [1.82, 2.24) is 9.88 Å². The highest BCUT2D eigenvalue weighted by molar-refractivity contribution is 5.99. The number of piperazine rings is 1. The molecule has 0 bridgehead atoms. The summed E-state index contributed by atoms with van der Waals surface area (Å²) >= 11 is 0. The fraction of sp³-hybridized carbons (Fsp3) is 0.450. The number of benzene rings is 1. The van der Waals surface area contributed by atoms with Crippen LogP contribution in [0.1, 0.15) is 31.1 Å². The summed E-state index contributed by atoms with van der Waals surface area (Å²) in [6, 6.07) is 7.28. The number of aromatic nitrogens is 1. The third-order valence-electron chi connectivity index (χ3n) is 4.41. The maximum atomic E-state index is 12.2. The number of carbonyl (C=O) groups is 2. The van der Waals surface area contributed by atoms with E-state index in [1.54, 1.807) is 17.2 Å². The average Bonchev–Trinajstić information content (AvgIpc) is 2.65. The number of nitrogens with zero attached hydrogens (tertiary/aromatic N) is 3. The molecular weight excluding hydrogens is 346 g/mol. The normalized spacial score (nSPS) is 15.0. The van der Waals surface area contributed by atoms with E-state index in [2.05, 4.69) is 9.88 Å². The summed E-state index contributed by atoms with van der Waals surface area (Å²) in [6.07, 6.45) is 1.48. The summed E-state index contributed by atoms with van der Waals surface area (Å²) in [6.45, 7) is 8.11. The zero-order valence-electron chi connectivity index (χ0n) is 16.2. The van der Waals surface area contributed by atoms with E-state index in [1.807, 2.05) is 39.0 Å². The fourth-order valence-electron chi connectivity index (χ4n) is 3.11. The molecule has 7 heteroatoms. The van der Waals surface area contributed by atoms with Crippen LogP contribution in [-0.4, -0.2) is 60.8 Å². The van der Waals surface area contributed by atoms with Gasteiger partial charge in [0.15, 0.2) is 0 Å². The fourth-order valence-corrected chi connectivity index (χ4v) is 3.11. The van der Waals surface area contributed by atoms with Crippen molar-refractivity contribution in [2.24, 2.45) is 0 Å². The first kappa shape index (κ1) is 18.9. The molecule has 0 unspecified atom stereocenters. The lowest BCUT2D eigenvalue weighted by molar-refractivity contribution is 0.0240. The van der Waals surface area contributed by atoms with Crippen LogP contribution in [0.2, 0.25) is 0 Å². The summed E-state index contributed by atoms with van der Waals surface area (Å²) in [4.78, 5) is 32.4. The zero-order chi connectivity index (χ0) is 19.6. The number of amides is 1. The van der Waals surface area contributed by atoms with E-state index in [0.717, 1.165) is 16.6 Å². The largest absolute Gasteiger partial charge is 0.465 e. The minimum atomic E-state index is -0.500. The van der Waals surface area contributed by atoms with Gasteiger partial charge in [-0.25, -0.2) is 9.59 Å². The van der Waals surface area contributed by atoms with Crippen LogP contribution in [0.4, 0.5) is 10.5 Å². The maximum Gasteiger partial charge on any atom is 0.410 e. The Bertz CT molecular complexity index is 852. The molecule has 0 aliphatic carbocycles. The van der Waals surface area contributed by atoms with Gasteiger partial charge in [0.05, 0.1) is 18.2 Å². The Morgan fingerprint density at radius 3 is 2.41 bits per heavy atom. The van der Waals surface area contributed by atoms with Crippen molar-refractivity contribution in [3.8, 4) is 0 Å². The van der Waals surface area contributed by atoms with Crippen molar-refractivity contribution >= 4 is 28.7 Å². The SMILES string of the molecule is COC(=O)c1ccc2nccc(N3CCN(C(=O)OC(C)(C)C)CC3)c2c1. The van der Waals surface area contributed by atoms with Crippen molar-refractivity contribution in [2.45, 2.75) is 26.4 Å². The summed E-state index contributed by atoms with van der Waals surface area (Å²) < 4.78 is 10.3. The second-order valence-electron chi connectivity index (χ2n) is 7.51. The molecule has 0 saturated carbocycles. The molecule has 2 heterocycles. The lowest BCUT2D eigenvalue weighted by Gasteiger charge is -2.37. The molecule has 1 saturated heterocycles. The van der Waals surface area contributed by atoms with Crippen molar-refractivity contribution in [3.63, 3.8) is 0 Å². The molecule has 144 valence electrons. The highest BCUT2D eigenvalue weighted by Crippen LogP contribution is 2.27. The van der Waals surface area contributed by atoms with E-state index in [0.29, 0.717) is 31.7 Å². The van der Waals surface area contributed by atoms with Crippen LogP contribution in [0, 0.1) is 0 Å². The number of esters is 1.